The van der Waals surface area contributed by atoms with Crippen LogP contribution in [0.25, 0.3) is 0 Å². The molecule has 4 nitrogen and oxygen atoms in total. The Bertz CT molecular complexity index is 322. The molecule has 0 saturated carbocycles. The van der Waals surface area contributed by atoms with Gasteiger partial charge in [-0.1, -0.05) is 0 Å². The summed E-state index contributed by atoms with van der Waals surface area (Å²) in [6, 6.07) is 0. The number of rotatable bonds is 3. The lowest BCUT2D eigenvalue weighted by molar-refractivity contribution is -0.138. The SMILES string of the molecule is Cc1snc(C(CN)C(=O)O)c1C. The normalized spacial score (nSPS) is 12.8. The maximum atomic E-state index is 10.8. The fraction of sp³-hybridized carbons (Fsp3) is 0.500. The molecule has 13 heavy (non-hydrogen) atoms. The summed E-state index contributed by atoms with van der Waals surface area (Å²) in [5, 5.41) is 8.85. The molecule has 0 bridgehead atoms. The summed E-state index contributed by atoms with van der Waals surface area (Å²) in [4.78, 5) is 11.8. The predicted octanol–water partition coefficient (Wildman–Crippen LogP) is 0.887. The van der Waals surface area contributed by atoms with Gasteiger partial charge in [0.15, 0.2) is 0 Å². The Morgan fingerprint density at radius 1 is 1.69 bits per heavy atom. The van der Waals surface area contributed by atoms with E-state index in [1.165, 1.54) is 11.5 Å². The molecule has 0 fully saturated rings. The monoisotopic (exact) mass is 200 g/mol. The van der Waals surface area contributed by atoms with E-state index < -0.39 is 11.9 Å². The fourth-order valence-electron chi connectivity index (χ4n) is 1.09. The molecule has 5 heteroatoms. The van der Waals surface area contributed by atoms with Crippen molar-refractivity contribution in [2.45, 2.75) is 19.8 Å². The highest BCUT2D eigenvalue weighted by Crippen LogP contribution is 2.23. The van der Waals surface area contributed by atoms with Crippen LogP contribution >= 0.6 is 11.5 Å². The number of hydrogen-bond acceptors (Lipinski definition) is 4. The lowest BCUT2D eigenvalue weighted by Gasteiger charge is -2.07. The van der Waals surface area contributed by atoms with Gasteiger partial charge in [0.2, 0.25) is 0 Å². The summed E-state index contributed by atoms with van der Waals surface area (Å²) >= 11 is 1.32. The molecule has 0 saturated heterocycles. The third-order valence-electron chi connectivity index (χ3n) is 2.06. The van der Waals surface area contributed by atoms with Gasteiger partial charge in [0, 0.05) is 11.4 Å². The lowest BCUT2D eigenvalue weighted by atomic mass is 10.0. The molecule has 0 aliphatic heterocycles. The number of carboxylic acids is 1. The molecular formula is C8H12N2O2S. The topological polar surface area (TPSA) is 76.2 Å². The highest BCUT2D eigenvalue weighted by molar-refractivity contribution is 7.05. The van der Waals surface area contributed by atoms with Gasteiger partial charge < -0.3 is 10.8 Å². The van der Waals surface area contributed by atoms with E-state index in [1.54, 1.807) is 0 Å². The molecule has 72 valence electrons. The van der Waals surface area contributed by atoms with Gasteiger partial charge in [-0.05, 0) is 30.9 Å². The quantitative estimate of drug-likeness (QED) is 0.759. The number of carbonyl (C=O) groups is 1. The van der Waals surface area contributed by atoms with Crippen LogP contribution in [0.2, 0.25) is 0 Å². The van der Waals surface area contributed by atoms with Crippen molar-refractivity contribution in [2.24, 2.45) is 5.73 Å². The molecule has 1 aromatic rings. The van der Waals surface area contributed by atoms with E-state index in [0.29, 0.717) is 5.69 Å². The minimum Gasteiger partial charge on any atom is -0.481 e. The average Bonchev–Trinajstić information content (AvgIpc) is 2.37. The maximum Gasteiger partial charge on any atom is 0.313 e. The molecule has 1 aromatic heterocycles. The molecule has 0 spiro atoms. The maximum absolute atomic E-state index is 10.8. The van der Waals surface area contributed by atoms with Crippen LogP contribution in [-0.2, 0) is 4.79 Å². The van der Waals surface area contributed by atoms with Crippen LogP contribution in [0.15, 0.2) is 0 Å². The summed E-state index contributed by atoms with van der Waals surface area (Å²) in [7, 11) is 0. The van der Waals surface area contributed by atoms with Crippen LogP contribution < -0.4 is 5.73 Å². The Labute approximate surface area is 80.6 Å². The molecule has 1 heterocycles. The predicted molar refractivity (Wildman–Crippen MR) is 51.0 cm³/mol. The second kappa shape index (κ2) is 3.85. The minimum absolute atomic E-state index is 0.0966. The van der Waals surface area contributed by atoms with Gasteiger partial charge in [0.05, 0.1) is 5.69 Å². The van der Waals surface area contributed by atoms with E-state index in [2.05, 4.69) is 4.37 Å². The first-order valence-electron chi connectivity index (χ1n) is 3.93. The van der Waals surface area contributed by atoms with Gasteiger partial charge in [-0.3, -0.25) is 4.79 Å². The average molecular weight is 200 g/mol. The van der Waals surface area contributed by atoms with Gasteiger partial charge in [-0.15, -0.1) is 0 Å². The summed E-state index contributed by atoms with van der Waals surface area (Å²) in [5.74, 6) is -1.57. The van der Waals surface area contributed by atoms with E-state index in [0.717, 1.165) is 10.4 Å². The van der Waals surface area contributed by atoms with Crippen LogP contribution in [0, 0.1) is 13.8 Å². The van der Waals surface area contributed by atoms with Crippen molar-refractivity contribution in [1.29, 1.82) is 0 Å². The summed E-state index contributed by atoms with van der Waals surface area (Å²) in [6.07, 6.45) is 0. The standard InChI is InChI=1S/C8H12N2O2S/c1-4-5(2)13-10-7(4)6(3-9)8(11)12/h6H,3,9H2,1-2H3,(H,11,12). The van der Waals surface area contributed by atoms with Crippen LogP contribution in [0.4, 0.5) is 0 Å². The van der Waals surface area contributed by atoms with Crippen LogP contribution in [-0.4, -0.2) is 22.0 Å². The molecule has 0 aliphatic rings. The third kappa shape index (κ3) is 1.87. The molecule has 1 atom stereocenters. The fourth-order valence-corrected chi connectivity index (χ4v) is 1.83. The zero-order valence-corrected chi connectivity index (χ0v) is 8.39. The Morgan fingerprint density at radius 2 is 2.31 bits per heavy atom. The highest BCUT2D eigenvalue weighted by atomic mass is 32.1. The Hall–Kier alpha value is -0.940. The van der Waals surface area contributed by atoms with Crippen molar-refractivity contribution in [3.63, 3.8) is 0 Å². The molecule has 0 aliphatic carbocycles. The Balaban J connectivity index is 3.05. The molecule has 3 N–H and O–H groups in total. The van der Waals surface area contributed by atoms with E-state index in [1.807, 2.05) is 13.8 Å². The summed E-state index contributed by atoms with van der Waals surface area (Å²) in [5.41, 5.74) is 6.92. The van der Waals surface area contributed by atoms with E-state index in [4.69, 9.17) is 10.8 Å². The van der Waals surface area contributed by atoms with Gasteiger partial charge in [-0.25, -0.2) is 0 Å². The number of carboxylic acid groups (broad SMARTS) is 1. The van der Waals surface area contributed by atoms with Crippen LogP contribution in [0.1, 0.15) is 22.1 Å². The zero-order valence-electron chi connectivity index (χ0n) is 7.57. The first kappa shape index (κ1) is 10.1. The van der Waals surface area contributed by atoms with E-state index in [-0.39, 0.29) is 6.54 Å². The molecule has 1 unspecified atom stereocenters. The van der Waals surface area contributed by atoms with Gasteiger partial charge in [0.25, 0.3) is 0 Å². The van der Waals surface area contributed by atoms with Crippen LogP contribution in [0.3, 0.4) is 0 Å². The van der Waals surface area contributed by atoms with Crippen molar-refractivity contribution in [3.8, 4) is 0 Å². The zero-order chi connectivity index (χ0) is 10.0. The molecule has 1 rings (SSSR count). The van der Waals surface area contributed by atoms with Crippen molar-refractivity contribution < 1.29 is 9.90 Å². The molecule has 0 aromatic carbocycles. The molecular weight excluding hydrogens is 188 g/mol. The molecule has 0 amide bonds. The van der Waals surface area contributed by atoms with Crippen molar-refractivity contribution in [3.05, 3.63) is 16.1 Å². The largest absolute Gasteiger partial charge is 0.481 e. The van der Waals surface area contributed by atoms with E-state index in [9.17, 15) is 4.79 Å². The lowest BCUT2D eigenvalue weighted by Crippen LogP contribution is -2.22. The molecule has 0 radical (unpaired) electrons. The highest BCUT2D eigenvalue weighted by Gasteiger charge is 2.23. The number of nitrogens with two attached hydrogens (primary N) is 1. The number of nitrogens with zero attached hydrogens (tertiary/aromatic N) is 1. The second-order valence-corrected chi connectivity index (χ2v) is 3.85. The van der Waals surface area contributed by atoms with Gasteiger partial charge in [0.1, 0.15) is 5.92 Å². The summed E-state index contributed by atoms with van der Waals surface area (Å²) in [6.45, 7) is 3.89. The van der Waals surface area contributed by atoms with Crippen molar-refractivity contribution in [1.82, 2.24) is 4.37 Å². The number of aryl methyl sites for hydroxylation is 1. The number of aliphatic carboxylic acids is 1. The van der Waals surface area contributed by atoms with Crippen molar-refractivity contribution in [2.75, 3.05) is 6.54 Å². The van der Waals surface area contributed by atoms with Crippen LogP contribution in [0.5, 0.6) is 0 Å². The number of hydrogen-bond donors (Lipinski definition) is 2. The second-order valence-electron chi connectivity index (χ2n) is 2.88. The van der Waals surface area contributed by atoms with E-state index >= 15 is 0 Å². The van der Waals surface area contributed by atoms with Crippen molar-refractivity contribution >= 4 is 17.5 Å². The number of aromatic nitrogens is 1. The first-order valence-corrected chi connectivity index (χ1v) is 4.71. The third-order valence-corrected chi connectivity index (χ3v) is 2.93. The van der Waals surface area contributed by atoms with Gasteiger partial charge >= 0.3 is 5.97 Å². The Morgan fingerprint density at radius 3 is 2.62 bits per heavy atom. The first-order chi connectivity index (χ1) is 6.07. The minimum atomic E-state index is -0.907. The smallest absolute Gasteiger partial charge is 0.313 e. The Kier molecular flexibility index (Phi) is 3.00. The summed E-state index contributed by atoms with van der Waals surface area (Å²) < 4.78 is 4.09. The van der Waals surface area contributed by atoms with Gasteiger partial charge in [-0.2, -0.15) is 4.37 Å².